The van der Waals surface area contributed by atoms with E-state index in [4.69, 9.17) is 28.4 Å². The maximum Gasteiger partial charge on any atom is 0.310 e. The summed E-state index contributed by atoms with van der Waals surface area (Å²) in [6.07, 6.45) is 0. The summed E-state index contributed by atoms with van der Waals surface area (Å²) in [5.41, 5.74) is 2.53. The molecule has 2 aliphatic heterocycles. The minimum absolute atomic E-state index is 0.118. The Kier molecular flexibility index (Phi) is 5.19. The lowest BCUT2D eigenvalue weighted by Gasteiger charge is -2.39. The Labute approximate surface area is 190 Å². The average molecular weight is 455 g/mol. The second kappa shape index (κ2) is 8.06. The summed E-state index contributed by atoms with van der Waals surface area (Å²) in [6.45, 7) is 1.79. The van der Waals surface area contributed by atoms with Crippen LogP contribution in [0.2, 0.25) is 0 Å². The molecule has 2 aromatic carbocycles. The topological polar surface area (TPSA) is 102 Å². The van der Waals surface area contributed by atoms with Gasteiger partial charge in [-0.05, 0) is 41.0 Å². The first-order valence-electron chi connectivity index (χ1n) is 10.6. The molecule has 1 amide bonds. The Bertz CT molecular complexity index is 1100. The zero-order valence-corrected chi connectivity index (χ0v) is 18.8. The van der Waals surface area contributed by atoms with E-state index in [9.17, 15) is 9.59 Å². The van der Waals surface area contributed by atoms with E-state index in [1.807, 2.05) is 24.3 Å². The van der Waals surface area contributed by atoms with Gasteiger partial charge in [0.05, 0.1) is 39.9 Å². The van der Waals surface area contributed by atoms with E-state index in [0.29, 0.717) is 28.7 Å². The summed E-state index contributed by atoms with van der Waals surface area (Å²) < 4.78 is 33.3. The highest BCUT2D eigenvalue weighted by molar-refractivity contribution is 5.80. The molecule has 1 fully saturated rings. The van der Waals surface area contributed by atoms with Gasteiger partial charge in [0, 0.05) is 18.8 Å². The normalized spacial score (nSPS) is 24.4. The summed E-state index contributed by atoms with van der Waals surface area (Å²) in [5, 5.41) is 3.02. The van der Waals surface area contributed by atoms with Crippen molar-refractivity contribution in [2.45, 2.75) is 18.9 Å². The van der Waals surface area contributed by atoms with Crippen LogP contribution in [0.4, 0.5) is 0 Å². The van der Waals surface area contributed by atoms with Crippen LogP contribution < -0.4 is 29.0 Å². The largest absolute Gasteiger partial charge is 0.493 e. The quantitative estimate of drug-likeness (QED) is 0.687. The lowest BCUT2D eigenvalue weighted by molar-refractivity contribution is -0.141. The lowest BCUT2D eigenvalue weighted by atomic mass is 9.65. The summed E-state index contributed by atoms with van der Waals surface area (Å²) in [4.78, 5) is 25.1. The fourth-order valence-corrected chi connectivity index (χ4v) is 5.25. The highest BCUT2D eigenvalue weighted by atomic mass is 16.7. The van der Waals surface area contributed by atoms with Crippen molar-refractivity contribution >= 4 is 11.9 Å². The average Bonchev–Trinajstić information content (AvgIpc) is 3.43. The molecule has 0 unspecified atom stereocenters. The molecule has 5 rings (SSSR count). The third-order valence-electron chi connectivity index (χ3n) is 6.59. The monoisotopic (exact) mass is 455 g/mol. The number of hydrogen-bond donors (Lipinski definition) is 1. The molecule has 0 spiro atoms. The Morgan fingerprint density at radius 3 is 2.15 bits per heavy atom. The second-order valence-electron chi connectivity index (χ2n) is 8.27. The molecule has 4 atom stereocenters. The summed E-state index contributed by atoms with van der Waals surface area (Å²) in [6, 6.07) is 7.08. The first kappa shape index (κ1) is 21.2. The van der Waals surface area contributed by atoms with Crippen LogP contribution in [0.3, 0.4) is 0 Å². The molecule has 174 valence electrons. The molecule has 0 saturated carbocycles. The first-order valence-corrected chi connectivity index (χ1v) is 10.6. The fourth-order valence-electron chi connectivity index (χ4n) is 5.25. The van der Waals surface area contributed by atoms with E-state index < -0.39 is 12.0 Å². The van der Waals surface area contributed by atoms with Gasteiger partial charge in [-0.25, -0.2) is 0 Å². The van der Waals surface area contributed by atoms with Crippen molar-refractivity contribution in [3.8, 4) is 28.7 Å². The third kappa shape index (κ3) is 3.30. The van der Waals surface area contributed by atoms with Gasteiger partial charge in [-0.1, -0.05) is 0 Å². The Morgan fingerprint density at radius 1 is 0.939 bits per heavy atom. The van der Waals surface area contributed by atoms with Gasteiger partial charge in [0.15, 0.2) is 23.0 Å². The number of nitrogens with one attached hydrogen (secondary N) is 1. The van der Waals surface area contributed by atoms with E-state index >= 15 is 0 Å². The van der Waals surface area contributed by atoms with Crippen LogP contribution in [0.15, 0.2) is 24.3 Å². The molecule has 1 N–H and O–H groups in total. The van der Waals surface area contributed by atoms with Crippen molar-refractivity contribution in [2.24, 2.45) is 11.8 Å². The van der Waals surface area contributed by atoms with E-state index in [1.54, 1.807) is 21.3 Å². The van der Waals surface area contributed by atoms with Crippen molar-refractivity contribution in [1.29, 1.82) is 0 Å². The van der Waals surface area contributed by atoms with Crippen molar-refractivity contribution in [2.75, 3.05) is 34.7 Å². The number of fused-ring (bicyclic) bond motifs is 3. The molecule has 0 radical (unpaired) electrons. The molecule has 9 nitrogen and oxygen atoms in total. The maximum atomic E-state index is 13.0. The molecule has 9 heteroatoms. The van der Waals surface area contributed by atoms with Gasteiger partial charge < -0.3 is 33.7 Å². The Morgan fingerprint density at radius 2 is 1.58 bits per heavy atom. The summed E-state index contributed by atoms with van der Waals surface area (Å²) in [5.74, 6) is 0.998. The molecule has 1 aliphatic carbocycles. The molecule has 2 heterocycles. The molecule has 1 saturated heterocycles. The number of carbonyl (C=O) groups excluding carboxylic acids is 2. The van der Waals surface area contributed by atoms with Gasteiger partial charge in [0.1, 0.15) is 0 Å². The number of amides is 1. The number of esters is 1. The number of benzene rings is 2. The SMILES string of the molecule is COc1cc([C@@H]2c3cc4c(cc3[C@@H](NC(C)=O)[C@H]3COC(=O)[C@H]23)OCO4)cc(OC)c1OC. The molecule has 3 aliphatic rings. The van der Waals surface area contributed by atoms with Crippen LogP contribution in [-0.4, -0.2) is 46.6 Å². The fraction of sp³-hybridized carbons (Fsp3) is 0.417. The number of methoxy groups -OCH3 is 3. The third-order valence-corrected chi connectivity index (χ3v) is 6.59. The Balaban J connectivity index is 1.75. The van der Waals surface area contributed by atoms with E-state index in [-0.39, 0.29) is 37.1 Å². The van der Waals surface area contributed by atoms with Crippen LogP contribution in [0.1, 0.15) is 35.6 Å². The van der Waals surface area contributed by atoms with Crippen molar-refractivity contribution in [1.82, 2.24) is 5.32 Å². The van der Waals surface area contributed by atoms with Crippen LogP contribution in [0, 0.1) is 11.8 Å². The molecule has 0 bridgehead atoms. The summed E-state index contributed by atoms with van der Waals surface area (Å²) in [7, 11) is 4.64. The van der Waals surface area contributed by atoms with E-state index in [1.165, 1.54) is 6.92 Å². The van der Waals surface area contributed by atoms with Crippen LogP contribution >= 0.6 is 0 Å². The van der Waals surface area contributed by atoms with Crippen LogP contribution in [0.5, 0.6) is 28.7 Å². The second-order valence-corrected chi connectivity index (χ2v) is 8.27. The van der Waals surface area contributed by atoms with E-state index in [2.05, 4.69) is 5.32 Å². The minimum atomic E-state index is -0.516. The first-order chi connectivity index (χ1) is 16.0. The van der Waals surface area contributed by atoms with Crippen LogP contribution in [-0.2, 0) is 14.3 Å². The van der Waals surface area contributed by atoms with Crippen molar-refractivity contribution < 1.29 is 38.0 Å². The van der Waals surface area contributed by atoms with Gasteiger partial charge >= 0.3 is 5.97 Å². The van der Waals surface area contributed by atoms with Gasteiger partial charge in [0.25, 0.3) is 0 Å². The van der Waals surface area contributed by atoms with Crippen molar-refractivity contribution in [3.63, 3.8) is 0 Å². The number of ether oxygens (including phenoxy) is 6. The smallest absolute Gasteiger partial charge is 0.310 e. The molecular formula is C24H25NO8. The van der Waals surface area contributed by atoms with Gasteiger partial charge in [-0.2, -0.15) is 0 Å². The minimum Gasteiger partial charge on any atom is -0.493 e. The standard InChI is InChI=1S/C24H25NO8/c1-11(26)25-22-14-8-17-16(32-10-33-17)7-13(14)20(21-15(22)9-31-24(21)27)12-5-18(28-2)23(30-4)19(6-12)29-3/h5-8,15,20-22H,9-10H2,1-4H3,(H,25,26)/t15-,20+,21-,22+/m0/s1. The number of carbonyl (C=O) groups is 2. The Hall–Kier alpha value is -3.62. The van der Waals surface area contributed by atoms with E-state index in [0.717, 1.165) is 16.7 Å². The number of cyclic esters (lactones) is 1. The molecule has 2 aromatic rings. The predicted molar refractivity (Wildman–Crippen MR) is 115 cm³/mol. The molecule has 0 aromatic heterocycles. The van der Waals surface area contributed by atoms with Crippen LogP contribution in [0.25, 0.3) is 0 Å². The van der Waals surface area contributed by atoms with Gasteiger partial charge in [0.2, 0.25) is 18.4 Å². The number of hydrogen-bond acceptors (Lipinski definition) is 8. The molecule has 33 heavy (non-hydrogen) atoms. The highest BCUT2D eigenvalue weighted by Gasteiger charge is 2.53. The highest BCUT2D eigenvalue weighted by Crippen LogP contribution is 2.55. The van der Waals surface area contributed by atoms with Crippen molar-refractivity contribution in [3.05, 3.63) is 41.0 Å². The maximum absolute atomic E-state index is 13.0. The zero-order valence-electron chi connectivity index (χ0n) is 18.8. The molecular weight excluding hydrogens is 430 g/mol. The predicted octanol–water partition coefficient (Wildman–Crippen LogP) is 2.55. The van der Waals surface area contributed by atoms with Gasteiger partial charge in [-0.15, -0.1) is 0 Å². The van der Waals surface area contributed by atoms with Gasteiger partial charge in [-0.3, -0.25) is 9.59 Å². The number of rotatable bonds is 5. The lowest BCUT2D eigenvalue weighted by Crippen LogP contribution is -2.42. The summed E-state index contributed by atoms with van der Waals surface area (Å²) >= 11 is 0. The zero-order chi connectivity index (χ0) is 23.3.